The number of nitrogens with zero attached hydrogens (tertiary/aromatic N) is 2. The largest absolute Gasteiger partial charge is 0.492 e. The van der Waals surface area contributed by atoms with Gasteiger partial charge in [0.2, 0.25) is 10.0 Å². The van der Waals surface area contributed by atoms with Gasteiger partial charge in [0.15, 0.2) is 5.96 Å². The van der Waals surface area contributed by atoms with E-state index < -0.39 is 10.0 Å². The fourth-order valence-corrected chi connectivity index (χ4v) is 3.14. The van der Waals surface area contributed by atoms with Crippen molar-refractivity contribution in [3.8, 4) is 5.75 Å². The molecule has 0 fully saturated rings. The maximum absolute atomic E-state index is 12.1. The summed E-state index contributed by atoms with van der Waals surface area (Å²) < 4.78 is 32.3. The molecule has 0 aliphatic carbocycles. The van der Waals surface area contributed by atoms with E-state index in [1.165, 1.54) is 24.0 Å². The number of aromatic nitrogens is 1. The molecule has 1 heterocycles. The van der Waals surface area contributed by atoms with Crippen LogP contribution in [0.25, 0.3) is 0 Å². The molecule has 1 aromatic carbocycles. The number of sulfonamides is 1. The van der Waals surface area contributed by atoms with Crippen molar-refractivity contribution in [2.75, 3.05) is 33.3 Å². The zero-order chi connectivity index (χ0) is 19.5. The lowest BCUT2D eigenvalue weighted by atomic mass is 10.2. The number of hydrogen-bond acceptors (Lipinski definition) is 5. The van der Waals surface area contributed by atoms with Crippen molar-refractivity contribution >= 4 is 16.0 Å². The van der Waals surface area contributed by atoms with Crippen molar-refractivity contribution in [2.24, 2.45) is 4.99 Å². The Hall–Kier alpha value is -2.65. The molecule has 27 heavy (non-hydrogen) atoms. The topological polar surface area (TPSA) is 105 Å². The quantitative estimate of drug-likeness (QED) is 0.333. The lowest BCUT2D eigenvalue weighted by molar-refractivity contribution is 0.322. The van der Waals surface area contributed by atoms with Crippen LogP contribution in [0.3, 0.4) is 0 Å². The van der Waals surface area contributed by atoms with Gasteiger partial charge in [-0.25, -0.2) is 13.1 Å². The summed E-state index contributed by atoms with van der Waals surface area (Å²) in [5.74, 6) is 1.39. The van der Waals surface area contributed by atoms with Gasteiger partial charge in [-0.3, -0.25) is 9.98 Å². The second-order valence-electron chi connectivity index (χ2n) is 5.67. The smallest absolute Gasteiger partial charge is 0.242 e. The van der Waals surface area contributed by atoms with Gasteiger partial charge in [-0.1, -0.05) is 17.7 Å². The maximum Gasteiger partial charge on any atom is 0.242 e. The molecule has 2 aromatic rings. The van der Waals surface area contributed by atoms with Crippen LogP contribution in [0.4, 0.5) is 0 Å². The van der Waals surface area contributed by atoms with Crippen LogP contribution in [0.15, 0.2) is 58.7 Å². The number of ether oxygens (including phenoxy) is 1. The molecule has 0 atom stereocenters. The average Bonchev–Trinajstić information content (AvgIpc) is 2.69. The van der Waals surface area contributed by atoms with Crippen LogP contribution in [0.2, 0.25) is 0 Å². The molecule has 2 rings (SSSR count). The van der Waals surface area contributed by atoms with E-state index in [9.17, 15) is 8.42 Å². The van der Waals surface area contributed by atoms with Crippen molar-refractivity contribution in [3.05, 3.63) is 54.4 Å². The summed E-state index contributed by atoms with van der Waals surface area (Å²) in [5, 5.41) is 6.15. The van der Waals surface area contributed by atoms with Crippen molar-refractivity contribution in [1.82, 2.24) is 20.3 Å². The van der Waals surface area contributed by atoms with E-state index in [1.807, 2.05) is 31.2 Å². The molecule has 9 heteroatoms. The molecule has 0 saturated heterocycles. The zero-order valence-electron chi connectivity index (χ0n) is 15.5. The number of pyridine rings is 1. The Morgan fingerprint density at radius 3 is 2.52 bits per heavy atom. The van der Waals surface area contributed by atoms with Crippen LogP contribution < -0.4 is 20.1 Å². The Kier molecular flexibility index (Phi) is 8.02. The number of hydrogen-bond donors (Lipinski definition) is 3. The van der Waals surface area contributed by atoms with Crippen molar-refractivity contribution in [1.29, 1.82) is 0 Å². The summed E-state index contributed by atoms with van der Waals surface area (Å²) in [6.45, 7) is 3.68. The average molecular weight is 391 g/mol. The number of benzene rings is 1. The van der Waals surface area contributed by atoms with E-state index in [1.54, 1.807) is 13.1 Å². The van der Waals surface area contributed by atoms with Crippen LogP contribution in [-0.2, 0) is 10.0 Å². The molecule has 0 saturated carbocycles. The molecule has 0 radical (unpaired) electrons. The third-order valence-corrected chi connectivity index (χ3v) is 5.01. The Balaban J connectivity index is 1.64. The first-order valence-electron chi connectivity index (χ1n) is 8.55. The molecule has 0 amide bonds. The van der Waals surface area contributed by atoms with E-state index in [2.05, 4.69) is 25.3 Å². The van der Waals surface area contributed by atoms with Gasteiger partial charge < -0.3 is 15.4 Å². The number of aryl methyl sites for hydroxylation is 1. The lowest BCUT2D eigenvalue weighted by Gasteiger charge is -2.13. The number of guanidine groups is 1. The van der Waals surface area contributed by atoms with E-state index in [0.29, 0.717) is 25.7 Å². The van der Waals surface area contributed by atoms with Crippen molar-refractivity contribution in [2.45, 2.75) is 11.8 Å². The van der Waals surface area contributed by atoms with Gasteiger partial charge in [0.25, 0.3) is 0 Å². The second-order valence-corrected chi connectivity index (χ2v) is 7.44. The Morgan fingerprint density at radius 2 is 1.85 bits per heavy atom. The first-order valence-corrected chi connectivity index (χ1v) is 10.0. The first-order chi connectivity index (χ1) is 13.0. The predicted molar refractivity (Wildman–Crippen MR) is 105 cm³/mol. The summed E-state index contributed by atoms with van der Waals surface area (Å²) in [6.07, 6.45) is 2.84. The summed E-state index contributed by atoms with van der Waals surface area (Å²) in [5.41, 5.74) is 1.18. The minimum atomic E-state index is -3.55. The van der Waals surface area contributed by atoms with Crippen LogP contribution in [0.5, 0.6) is 5.75 Å². The molecule has 146 valence electrons. The summed E-state index contributed by atoms with van der Waals surface area (Å²) >= 11 is 0. The fraction of sp³-hybridized carbons (Fsp3) is 0.333. The highest BCUT2D eigenvalue weighted by Gasteiger charge is 2.12. The standard InChI is InChI=1S/C18H25N5O3S/c1-15-5-7-16(8-6-15)26-13-12-22-18(19-2)21-10-11-23-27(24,25)17-4-3-9-20-14-17/h3-9,14,23H,10-13H2,1-2H3,(H2,19,21,22). The van der Waals surface area contributed by atoms with Gasteiger partial charge in [-0.15, -0.1) is 0 Å². The van der Waals surface area contributed by atoms with Crippen LogP contribution >= 0.6 is 0 Å². The molecule has 8 nitrogen and oxygen atoms in total. The van der Waals surface area contributed by atoms with E-state index in [-0.39, 0.29) is 11.4 Å². The third-order valence-electron chi connectivity index (χ3n) is 3.56. The highest BCUT2D eigenvalue weighted by atomic mass is 32.2. The SMILES string of the molecule is CN=C(NCCNS(=O)(=O)c1cccnc1)NCCOc1ccc(C)cc1. The summed E-state index contributed by atoms with van der Waals surface area (Å²) in [7, 11) is -1.90. The minimum absolute atomic E-state index is 0.140. The van der Waals surface area contributed by atoms with E-state index in [4.69, 9.17) is 4.74 Å². The van der Waals surface area contributed by atoms with Gasteiger partial charge in [-0.05, 0) is 31.2 Å². The van der Waals surface area contributed by atoms with Gasteiger partial charge in [0.1, 0.15) is 17.3 Å². The van der Waals surface area contributed by atoms with Gasteiger partial charge in [0.05, 0.1) is 6.54 Å². The fourth-order valence-electron chi connectivity index (χ4n) is 2.15. The molecule has 0 bridgehead atoms. The van der Waals surface area contributed by atoms with Gasteiger partial charge in [0, 0.05) is 32.5 Å². The highest BCUT2D eigenvalue weighted by Crippen LogP contribution is 2.10. The normalized spacial score (nSPS) is 11.9. The minimum Gasteiger partial charge on any atom is -0.492 e. The van der Waals surface area contributed by atoms with E-state index in [0.717, 1.165) is 5.75 Å². The molecule has 0 aliphatic heterocycles. The molecular formula is C18H25N5O3S. The Morgan fingerprint density at radius 1 is 1.11 bits per heavy atom. The second kappa shape index (κ2) is 10.5. The summed E-state index contributed by atoms with van der Waals surface area (Å²) in [4.78, 5) is 8.04. The monoisotopic (exact) mass is 391 g/mol. The molecule has 1 aromatic heterocycles. The molecular weight excluding hydrogens is 366 g/mol. The number of rotatable bonds is 9. The van der Waals surface area contributed by atoms with Gasteiger partial charge in [-0.2, -0.15) is 0 Å². The number of nitrogens with one attached hydrogen (secondary N) is 3. The third kappa shape index (κ3) is 7.24. The van der Waals surface area contributed by atoms with Crippen molar-refractivity contribution in [3.63, 3.8) is 0 Å². The maximum atomic E-state index is 12.1. The molecule has 3 N–H and O–H groups in total. The zero-order valence-corrected chi connectivity index (χ0v) is 16.3. The predicted octanol–water partition coefficient (Wildman–Crippen LogP) is 0.912. The van der Waals surface area contributed by atoms with Crippen molar-refractivity contribution < 1.29 is 13.2 Å². The number of aliphatic imine (C=N–C) groups is 1. The molecule has 0 unspecified atom stereocenters. The Bertz CT molecular complexity index is 824. The van der Waals surface area contributed by atoms with Crippen LogP contribution in [0, 0.1) is 6.92 Å². The van der Waals surface area contributed by atoms with Gasteiger partial charge >= 0.3 is 0 Å². The highest BCUT2D eigenvalue weighted by molar-refractivity contribution is 7.89. The van der Waals surface area contributed by atoms with E-state index >= 15 is 0 Å². The summed E-state index contributed by atoms with van der Waals surface area (Å²) in [6, 6.07) is 10.9. The first kappa shape index (κ1) is 20.7. The lowest BCUT2D eigenvalue weighted by Crippen LogP contribution is -2.42. The Labute approximate surface area is 160 Å². The van der Waals surface area contributed by atoms with Crippen LogP contribution in [0.1, 0.15) is 5.56 Å². The van der Waals surface area contributed by atoms with Crippen LogP contribution in [-0.4, -0.2) is 52.7 Å². The molecule has 0 spiro atoms. The molecule has 0 aliphatic rings.